The molecule has 1 fully saturated rings. The zero-order valence-corrected chi connectivity index (χ0v) is 14.3. The Hall–Kier alpha value is -1.12. The number of fused-ring (bicyclic) bond motifs is 3. The normalized spacial score (nSPS) is 25.4. The van der Waals surface area contributed by atoms with Crippen molar-refractivity contribution < 1.29 is 21.6 Å². The summed E-state index contributed by atoms with van der Waals surface area (Å²) in [5, 5.41) is 0. The van der Waals surface area contributed by atoms with Gasteiger partial charge in [0.25, 0.3) is 0 Å². The summed E-state index contributed by atoms with van der Waals surface area (Å²) in [5.41, 5.74) is 2.43. The molecular formula is C16H21F3N2O2S. The van der Waals surface area contributed by atoms with E-state index in [1.807, 2.05) is 18.2 Å². The summed E-state index contributed by atoms with van der Waals surface area (Å²) in [6.07, 6.45) is -2.67. The first-order valence-electron chi connectivity index (χ1n) is 8.02. The molecule has 0 aliphatic carbocycles. The Morgan fingerprint density at radius 3 is 2.67 bits per heavy atom. The van der Waals surface area contributed by atoms with Gasteiger partial charge in [-0.15, -0.1) is 0 Å². The van der Waals surface area contributed by atoms with Crippen LogP contribution in [0.2, 0.25) is 0 Å². The molecule has 1 aromatic carbocycles. The Morgan fingerprint density at radius 2 is 1.96 bits per heavy atom. The molecule has 0 bridgehead atoms. The predicted octanol–water partition coefficient (Wildman–Crippen LogP) is 2.57. The highest BCUT2D eigenvalue weighted by atomic mass is 32.2. The Labute approximate surface area is 140 Å². The smallest absolute Gasteiger partial charge is 0.296 e. The van der Waals surface area contributed by atoms with Crippen LogP contribution in [0, 0.1) is 0 Å². The minimum absolute atomic E-state index is 0.0808. The van der Waals surface area contributed by atoms with Gasteiger partial charge in [-0.3, -0.25) is 4.90 Å². The molecule has 2 aliphatic rings. The van der Waals surface area contributed by atoms with Crippen molar-refractivity contribution in [3.05, 3.63) is 35.4 Å². The van der Waals surface area contributed by atoms with Gasteiger partial charge in [-0.2, -0.15) is 13.2 Å². The van der Waals surface area contributed by atoms with E-state index in [-0.39, 0.29) is 6.04 Å². The molecule has 3 rings (SSSR count). The molecule has 1 saturated heterocycles. The number of piperidine rings is 1. The number of hydrogen-bond acceptors (Lipinski definition) is 3. The third-order valence-corrected chi connectivity index (χ3v) is 6.93. The van der Waals surface area contributed by atoms with Crippen molar-refractivity contribution in [2.45, 2.75) is 37.5 Å². The molecule has 2 unspecified atom stereocenters. The van der Waals surface area contributed by atoms with E-state index < -0.39 is 28.0 Å². The van der Waals surface area contributed by atoms with E-state index in [2.05, 4.69) is 11.0 Å². The van der Waals surface area contributed by atoms with Crippen molar-refractivity contribution in [3.8, 4) is 0 Å². The fourth-order valence-electron chi connectivity index (χ4n) is 3.80. The van der Waals surface area contributed by atoms with Crippen LogP contribution < -0.4 is 0 Å². The Morgan fingerprint density at radius 1 is 1.25 bits per heavy atom. The van der Waals surface area contributed by atoms with Gasteiger partial charge >= 0.3 is 6.18 Å². The molecule has 2 aliphatic heterocycles. The zero-order valence-electron chi connectivity index (χ0n) is 13.5. The number of sulfonamides is 1. The summed E-state index contributed by atoms with van der Waals surface area (Å²) in [4.78, 5) is 2.31. The molecule has 0 amide bonds. The van der Waals surface area contributed by atoms with Gasteiger partial charge in [0.05, 0.1) is 0 Å². The number of hydrogen-bond donors (Lipinski definition) is 0. The molecule has 4 nitrogen and oxygen atoms in total. The average Bonchev–Trinajstić information content (AvgIpc) is 2.51. The molecule has 2 heterocycles. The maximum absolute atomic E-state index is 12.5. The number of nitrogens with zero attached hydrogens (tertiary/aromatic N) is 2. The van der Waals surface area contributed by atoms with E-state index in [1.54, 1.807) is 0 Å². The number of rotatable bonds is 3. The van der Waals surface area contributed by atoms with Gasteiger partial charge in [-0.05, 0) is 30.4 Å². The van der Waals surface area contributed by atoms with Gasteiger partial charge in [0, 0.05) is 32.2 Å². The minimum atomic E-state index is -4.72. The molecule has 0 N–H and O–H groups in total. The molecule has 0 aromatic heterocycles. The highest BCUT2D eigenvalue weighted by Gasteiger charge is 2.42. The Balaban J connectivity index is 1.79. The highest BCUT2D eigenvalue weighted by molar-refractivity contribution is 7.89. The Kier molecular flexibility index (Phi) is 4.65. The van der Waals surface area contributed by atoms with Crippen LogP contribution in [0.1, 0.15) is 30.0 Å². The summed E-state index contributed by atoms with van der Waals surface area (Å²) in [5.74, 6) is -1.79. The quantitative estimate of drug-likeness (QED) is 0.830. The molecule has 0 spiro atoms. The van der Waals surface area contributed by atoms with Crippen LogP contribution in [0.4, 0.5) is 13.2 Å². The SMILES string of the molecule is CN(C1CCN2CCc3ccccc3C2C1)S(=O)(=O)CC(F)(F)F. The largest absolute Gasteiger partial charge is 0.404 e. The summed E-state index contributed by atoms with van der Waals surface area (Å²) in [6.45, 7) is 1.61. The van der Waals surface area contributed by atoms with Crippen molar-refractivity contribution >= 4 is 10.0 Å². The fraction of sp³-hybridized carbons (Fsp3) is 0.625. The maximum atomic E-state index is 12.5. The van der Waals surface area contributed by atoms with Gasteiger partial charge in [-0.25, -0.2) is 12.7 Å². The number of alkyl halides is 3. The molecule has 24 heavy (non-hydrogen) atoms. The first-order valence-corrected chi connectivity index (χ1v) is 9.62. The lowest BCUT2D eigenvalue weighted by atomic mass is 9.85. The molecule has 8 heteroatoms. The molecule has 0 saturated carbocycles. The van der Waals surface area contributed by atoms with E-state index in [0.29, 0.717) is 19.4 Å². The predicted molar refractivity (Wildman–Crippen MR) is 85.1 cm³/mol. The molecule has 0 radical (unpaired) electrons. The van der Waals surface area contributed by atoms with Crippen LogP contribution in [-0.4, -0.2) is 55.7 Å². The van der Waals surface area contributed by atoms with Crippen LogP contribution in [0.3, 0.4) is 0 Å². The third kappa shape index (κ3) is 3.60. The second kappa shape index (κ2) is 6.31. The zero-order chi connectivity index (χ0) is 17.5. The third-order valence-electron chi connectivity index (χ3n) is 5.07. The molecule has 134 valence electrons. The van der Waals surface area contributed by atoms with Crippen molar-refractivity contribution in [1.29, 1.82) is 0 Å². The van der Waals surface area contributed by atoms with Crippen molar-refractivity contribution in [1.82, 2.24) is 9.21 Å². The van der Waals surface area contributed by atoms with Gasteiger partial charge in [-0.1, -0.05) is 24.3 Å². The lowest BCUT2D eigenvalue weighted by Crippen LogP contribution is -2.50. The van der Waals surface area contributed by atoms with E-state index in [9.17, 15) is 21.6 Å². The fourth-order valence-corrected chi connectivity index (χ4v) is 5.07. The van der Waals surface area contributed by atoms with Crippen molar-refractivity contribution in [3.63, 3.8) is 0 Å². The Bertz CT molecular complexity index is 706. The summed E-state index contributed by atoms with van der Waals surface area (Å²) in [6, 6.07) is 7.73. The number of benzene rings is 1. The minimum Gasteiger partial charge on any atom is -0.296 e. The first kappa shape index (κ1) is 17.7. The van der Waals surface area contributed by atoms with E-state index in [4.69, 9.17) is 0 Å². The van der Waals surface area contributed by atoms with Gasteiger partial charge in [0.2, 0.25) is 10.0 Å². The van der Waals surface area contributed by atoms with Crippen LogP contribution >= 0.6 is 0 Å². The second-order valence-electron chi connectivity index (χ2n) is 6.57. The maximum Gasteiger partial charge on any atom is 0.404 e. The summed E-state index contributed by atoms with van der Waals surface area (Å²) >= 11 is 0. The van der Waals surface area contributed by atoms with Crippen molar-refractivity contribution in [2.24, 2.45) is 0 Å². The van der Waals surface area contributed by atoms with Gasteiger partial charge in [0.15, 0.2) is 5.75 Å². The van der Waals surface area contributed by atoms with Crippen LogP contribution in [0.5, 0.6) is 0 Å². The second-order valence-corrected chi connectivity index (χ2v) is 8.59. The molecule has 1 aromatic rings. The number of halogens is 3. The molecule has 2 atom stereocenters. The van der Waals surface area contributed by atoms with Crippen molar-refractivity contribution in [2.75, 3.05) is 25.9 Å². The summed E-state index contributed by atoms with van der Waals surface area (Å²) in [7, 11) is -3.07. The highest BCUT2D eigenvalue weighted by Crippen LogP contribution is 2.38. The lowest BCUT2D eigenvalue weighted by molar-refractivity contribution is -0.107. The molecular weight excluding hydrogens is 341 g/mol. The van der Waals surface area contributed by atoms with Gasteiger partial charge in [0.1, 0.15) is 0 Å². The first-order chi connectivity index (χ1) is 11.2. The monoisotopic (exact) mass is 362 g/mol. The average molecular weight is 362 g/mol. The van der Waals surface area contributed by atoms with Crippen LogP contribution in [0.15, 0.2) is 24.3 Å². The lowest BCUT2D eigenvalue weighted by Gasteiger charge is -2.45. The summed E-state index contributed by atoms with van der Waals surface area (Å²) < 4.78 is 62.6. The van der Waals surface area contributed by atoms with E-state index in [0.717, 1.165) is 17.3 Å². The standard InChI is InChI=1S/C16H21F3N2O2S/c1-20(24(22,23)11-16(17,18)19)13-7-9-21-8-6-12-4-2-3-5-14(12)15(21)10-13/h2-5,13,15H,6-11H2,1H3. The topological polar surface area (TPSA) is 40.6 Å². The van der Waals surface area contributed by atoms with E-state index in [1.165, 1.54) is 18.2 Å². The van der Waals surface area contributed by atoms with Crippen LogP contribution in [0.25, 0.3) is 0 Å². The van der Waals surface area contributed by atoms with E-state index >= 15 is 0 Å². The van der Waals surface area contributed by atoms with Crippen LogP contribution in [-0.2, 0) is 16.4 Å². The van der Waals surface area contributed by atoms with Gasteiger partial charge < -0.3 is 0 Å².